The summed E-state index contributed by atoms with van der Waals surface area (Å²) in [6.07, 6.45) is 2.94. The second-order valence-electron chi connectivity index (χ2n) is 3.86. The SMILES string of the molecule is CC(C)(/C=N/O)SSC(C)(C)/C=N/O. The standard InChI is InChI=1S/C8H16N2O2S2/c1-7(2,5-9-11)13-14-8(3,4)6-10-12/h5-6,11-12H,1-4H3/b9-5+,10-6+. The molecule has 0 spiro atoms. The fraction of sp³-hybridized carbons (Fsp3) is 0.750. The summed E-state index contributed by atoms with van der Waals surface area (Å²) in [5.41, 5.74) is 0. The molecule has 0 aliphatic rings. The largest absolute Gasteiger partial charge is 0.411 e. The highest BCUT2D eigenvalue weighted by atomic mass is 33.1. The van der Waals surface area contributed by atoms with Gasteiger partial charge in [-0.2, -0.15) is 0 Å². The molecule has 0 heterocycles. The van der Waals surface area contributed by atoms with Gasteiger partial charge in [0.25, 0.3) is 0 Å². The zero-order chi connectivity index (χ0) is 11.2. The average molecular weight is 236 g/mol. The smallest absolute Gasteiger partial charge is 0.0600 e. The molecule has 0 rings (SSSR count). The van der Waals surface area contributed by atoms with E-state index in [-0.39, 0.29) is 9.49 Å². The number of rotatable bonds is 5. The van der Waals surface area contributed by atoms with E-state index in [0.717, 1.165) is 0 Å². The second kappa shape index (κ2) is 5.50. The molecule has 0 atom stereocenters. The van der Waals surface area contributed by atoms with E-state index in [1.54, 1.807) is 21.6 Å². The van der Waals surface area contributed by atoms with Gasteiger partial charge in [0.05, 0.1) is 21.9 Å². The Morgan fingerprint density at radius 2 is 1.14 bits per heavy atom. The molecule has 0 fully saturated rings. The van der Waals surface area contributed by atoms with Crippen molar-refractivity contribution in [3.05, 3.63) is 0 Å². The highest BCUT2D eigenvalue weighted by Crippen LogP contribution is 2.41. The normalized spacial score (nSPS) is 14.3. The summed E-state index contributed by atoms with van der Waals surface area (Å²) in [6, 6.07) is 0. The summed E-state index contributed by atoms with van der Waals surface area (Å²) >= 11 is 0. The first-order valence-corrected chi connectivity index (χ1v) is 6.22. The Morgan fingerprint density at radius 3 is 1.36 bits per heavy atom. The van der Waals surface area contributed by atoms with E-state index < -0.39 is 0 Å². The summed E-state index contributed by atoms with van der Waals surface area (Å²) in [5, 5.41) is 22.9. The summed E-state index contributed by atoms with van der Waals surface area (Å²) < 4.78 is -0.500. The first-order valence-electron chi connectivity index (χ1n) is 4.07. The maximum atomic E-state index is 8.42. The van der Waals surface area contributed by atoms with Gasteiger partial charge in [0.2, 0.25) is 0 Å². The molecule has 0 unspecified atom stereocenters. The fourth-order valence-electron chi connectivity index (χ4n) is 0.536. The van der Waals surface area contributed by atoms with Gasteiger partial charge in [-0.15, -0.1) is 10.3 Å². The average Bonchev–Trinajstić information content (AvgIpc) is 2.01. The van der Waals surface area contributed by atoms with E-state index in [2.05, 4.69) is 10.3 Å². The molecule has 0 saturated carbocycles. The maximum Gasteiger partial charge on any atom is 0.0600 e. The Bertz CT molecular complexity index is 203. The minimum absolute atomic E-state index is 0.250. The summed E-state index contributed by atoms with van der Waals surface area (Å²) in [7, 11) is 3.11. The molecule has 6 heteroatoms. The number of hydrogen-bond acceptors (Lipinski definition) is 6. The van der Waals surface area contributed by atoms with Crippen molar-refractivity contribution in [1.82, 2.24) is 0 Å². The van der Waals surface area contributed by atoms with E-state index in [1.165, 1.54) is 12.4 Å². The van der Waals surface area contributed by atoms with Crippen molar-refractivity contribution < 1.29 is 10.4 Å². The van der Waals surface area contributed by atoms with Gasteiger partial charge in [0, 0.05) is 0 Å². The van der Waals surface area contributed by atoms with Gasteiger partial charge in [-0.05, 0) is 27.7 Å². The predicted octanol–water partition coefficient (Wildman–Crippen LogP) is 2.85. The predicted molar refractivity (Wildman–Crippen MR) is 63.9 cm³/mol. The lowest BCUT2D eigenvalue weighted by atomic mass is 10.2. The Labute approximate surface area is 92.2 Å². The van der Waals surface area contributed by atoms with Crippen molar-refractivity contribution in [2.75, 3.05) is 0 Å². The first-order chi connectivity index (χ1) is 6.33. The molecule has 0 aromatic carbocycles. The van der Waals surface area contributed by atoms with E-state index in [9.17, 15) is 0 Å². The second-order valence-corrected chi connectivity index (χ2v) is 7.30. The lowest BCUT2D eigenvalue weighted by Gasteiger charge is -2.23. The molecule has 0 amide bonds. The molecular formula is C8H16N2O2S2. The molecule has 14 heavy (non-hydrogen) atoms. The first kappa shape index (κ1) is 13.6. The van der Waals surface area contributed by atoms with Crippen LogP contribution >= 0.6 is 21.6 Å². The van der Waals surface area contributed by atoms with Crippen LogP contribution < -0.4 is 0 Å². The van der Waals surface area contributed by atoms with Crippen LogP contribution in [-0.4, -0.2) is 32.3 Å². The van der Waals surface area contributed by atoms with Crippen molar-refractivity contribution in [2.24, 2.45) is 10.3 Å². The molecule has 0 radical (unpaired) electrons. The van der Waals surface area contributed by atoms with E-state index in [4.69, 9.17) is 10.4 Å². The van der Waals surface area contributed by atoms with Gasteiger partial charge >= 0.3 is 0 Å². The van der Waals surface area contributed by atoms with Crippen LogP contribution in [0.15, 0.2) is 10.3 Å². The van der Waals surface area contributed by atoms with Gasteiger partial charge in [-0.1, -0.05) is 21.6 Å². The van der Waals surface area contributed by atoms with Gasteiger partial charge in [-0.3, -0.25) is 0 Å². The van der Waals surface area contributed by atoms with Crippen LogP contribution in [0.4, 0.5) is 0 Å². The van der Waals surface area contributed by atoms with Gasteiger partial charge in [0.15, 0.2) is 0 Å². The third-order valence-electron chi connectivity index (χ3n) is 1.21. The molecule has 0 aromatic heterocycles. The quantitative estimate of drug-likeness (QED) is 0.333. The Balaban J connectivity index is 4.17. The van der Waals surface area contributed by atoms with Crippen molar-refractivity contribution in [3.8, 4) is 0 Å². The van der Waals surface area contributed by atoms with Crippen molar-refractivity contribution >= 4 is 34.0 Å². The molecule has 0 aromatic rings. The van der Waals surface area contributed by atoms with Crippen molar-refractivity contribution in [1.29, 1.82) is 0 Å². The van der Waals surface area contributed by atoms with Gasteiger partial charge in [-0.25, -0.2) is 0 Å². The van der Waals surface area contributed by atoms with Crippen LogP contribution in [0, 0.1) is 0 Å². The fourth-order valence-corrected chi connectivity index (χ4v) is 2.69. The van der Waals surface area contributed by atoms with Crippen LogP contribution in [0.2, 0.25) is 0 Å². The third kappa shape index (κ3) is 6.15. The zero-order valence-corrected chi connectivity index (χ0v) is 10.4. The number of oxime groups is 2. The van der Waals surface area contributed by atoms with E-state index in [1.807, 2.05) is 27.7 Å². The third-order valence-corrected chi connectivity index (χ3v) is 5.19. The van der Waals surface area contributed by atoms with E-state index in [0.29, 0.717) is 0 Å². The van der Waals surface area contributed by atoms with Crippen LogP contribution in [0.1, 0.15) is 27.7 Å². The van der Waals surface area contributed by atoms with Crippen LogP contribution in [-0.2, 0) is 0 Å². The molecule has 2 N–H and O–H groups in total. The monoisotopic (exact) mass is 236 g/mol. The topological polar surface area (TPSA) is 65.2 Å². The molecule has 0 aliphatic carbocycles. The van der Waals surface area contributed by atoms with Crippen LogP contribution in [0.3, 0.4) is 0 Å². The zero-order valence-electron chi connectivity index (χ0n) is 8.76. The minimum Gasteiger partial charge on any atom is -0.411 e. The Morgan fingerprint density at radius 1 is 0.857 bits per heavy atom. The molecular weight excluding hydrogens is 220 g/mol. The summed E-state index contributed by atoms with van der Waals surface area (Å²) in [4.78, 5) is 0. The Hall–Kier alpha value is -0.360. The molecule has 0 bridgehead atoms. The van der Waals surface area contributed by atoms with Crippen molar-refractivity contribution in [2.45, 2.75) is 37.2 Å². The number of hydrogen-bond donors (Lipinski definition) is 2. The highest BCUT2D eigenvalue weighted by Gasteiger charge is 2.23. The molecule has 82 valence electrons. The minimum atomic E-state index is -0.250. The summed E-state index contributed by atoms with van der Waals surface area (Å²) in [6.45, 7) is 7.76. The molecule has 4 nitrogen and oxygen atoms in total. The highest BCUT2D eigenvalue weighted by molar-refractivity contribution is 8.78. The maximum absolute atomic E-state index is 8.42. The lowest BCUT2D eigenvalue weighted by molar-refractivity contribution is 0.319. The summed E-state index contributed by atoms with van der Waals surface area (Å²) in [5.74, 6) is 0. The van der Waals surface area contributed by atoms with E-state index >= 15 is 0 Å². The van der Waals surface area contributed by atoms with Crippen molar-refractivity contribution in [3.63, 3.8) is 0 Å². The van der Waals surface area contributed by atoms with Gasteiger partial charge < -0.3 is 10.4 Å². The lowest BCUT2D eigenvalue weighted by Crippen LogP contribution is -2.20. The molecule has 0 aliphatic heterocycles. The van der Waals surface area contributed by atoms with Gasteiger partial charge in [0.1, 0.15) is 0 Å². The number of nitrogens with zero attached hydrogens (tertiary/aromatic N) is 2. The Kier molecular flexibility index (Phi) is 5.36. The van der Waals surface area contributed by atoms with Crippen LogP contribution in [0.5, 0.6) is 0 Å². The molecule has 0 saturated heterocycles. The van der Waals surface area contributed by atoms with Crippen LogP contribution in [0.25, 0.3) is 0 Å².